The van der Waals surface area contributed by atoms with Crippen LogP contribution in [0.25, 0.3) is 10.2 Å². The molecule has 0 aliphatic rings. The van der Waals surface area contributed by atoms with Gasteiger partial charge in [-0.15, -0.1) is 0 Å². The third-order valence-corrected chi connectivity index (χ3v) is 5.87. The molecule has 34 heavy (non-hydrogen) atoms. The normalized spacial score (nSPS) is 12.2. The molecule has 11 heteroatoms. The molecule has 0 saturated heterocycles. The van der Waals surface area contributed by atoms with Crippen LogP contribution in [0, 0.1) is 5.82 Å². The summed E-state index contributed by atoms with van der Waals surface area (Å²) in [7, 11) is 0. The molecule has 3 nitrogen and oxygen atoms in total. The number of amides is 1. The van der Waals surface area contributed by atoms with Gasteiger partial charge in [0.2, 0.25) is 0 Å². The van der Waals surface area contributed by atoms with Crippen LogP contribution in [0.1, 0.15) is 27.0 Å². The highest BCUT2D eigenvalue weighted by Crippen LogP contribution is 2.37. The molecule has 1 heterocycles. The van der Waals surface area contributed by atoms with Gasteiger partial charge in [0.15, 0.2) is 5.13 Å². The number of hydrogen-bond donors (Lipinski definition) is 0. The first-order chi connectivity index (χ1) is 15.9. The maximum Gasteiger partial charge on any atom is 0.416 e. The number of carbonyl (C=O) groups excluding carboxylic acids is 1. The molecular weight excluding hydrogens is 485 g/mol. The molecule has 0 radical (unpaired) electrons. The van der Waals surface area contributed by atoms with Crippen LogP contribution in [0.4, 0.5) is 35.9 Å². The summed E-state index contributed by atoms with van der Waals surface area (Å²) < 4.78 is 93.8. The Hall–Kier alpha value is -3.47. The van der Waals surface area contributed by atoms with Gasteiger partial charge in [0, 0.05) is 5.56 Å². The van der Waals surface area contributed by atoms with Gasteiger partial charge in [0.1, 0.15) is 5.82 Å². The monoisotopic (exact) mass is 498 g/mol. The van der Waals surface area contributed by atoms with Crippen LogP contribution >= 0.6 is 11.3 Å². The van der Waals surface area contributed by atoms with Crippen LogP contribution in [0.3, 0.4) is 0 Å². The largest absolute Gasteiger partial charge is 0.416 e. The molecule has 1 aromatic heterocycles. The van der Waals surface area contributed by atoms with E-state index in [1.54, 1.807) is 30.3 Å². The van der Waals surface area contributed by atoms with Crippen molar-refractivity contribution in [3.8, 4) is 0 Å². The Kier molecular flexibility index (Phi) is 6.07. The molecule has 0 atom stereocenters. The van der Waals surface area contributed by atoms with Crippen molar-refractivity contribution in [2.75, 3.05) is 4.90 Å². The van der Waals surface area contributed by atoms with Crippen LogP contribution in [-0.2, 0) is 18.9 Å². The highest BCUT2D eigenvalue weighted by atomic mass is 32.1. The van der Waals surface area contributed by atoms with E-state index in [4.69, 9.17) is 0 Å². The fourth-order valence-corrected chi connectivity index (χ4v) is 4.22. The van der Waals surface area contributed by atoms with Gasteiger partial charge < -0.3 is 0 Å². The molecule has 1 amide bonds. The molecule has 3 aromatic carbocycles. The van der Waals surface area contributed by atoms with Gasteiger partial charge in [-0.2, -0.15) is 26.3 Å². The SMILES string of the molecule is O=C(c1cc(C(F)(F)F)cc(C(F)(F)F)c1)N(Cc1ccccc1)c1nc2ccc(F)cc2s1. The molecule has 0 aliphatic carbocycles. The van der Waals surface area contributed by atoms with E-state index in [1.807, 2.05) is 0 Å². The van der Waals surface area contributed by atoms with E-state index in [-0.39, 0.29) is 17.7 Å². The van der Waals surface area contributed by atoms with Gasteiger partial charge in [-0.25, -0.2) is 9.37 Å². The van der Waals surface area contributed by atoms with E-state index in [0.717, 1.165) is 22.3 Å². The number of halogens is 7. The van der Waals surface area contributed by atoms with Crippen molar-refractivity contribution in [2.45, 2.75) is 18.9 Å². The summed E-state index contributed by atoms with van der Waals surface area (Å²) in [6, 6.07) is 12.7. The molecule has 0 N–H and O–H groups in total. The van der Waals surface area contributed by atoms with Gasteiger partial charge in [-0.05, 0) is 42.0 Å². The highest BCUT2D eigenvalue weighted by Gasteiger charge is 2.38. The van der Waals surface area contributed by atoms with E-state index in [2.05, 4.69) is 4.98 Å². The zero-order valence-electron chi connectivity index (χ0n) is 16.9. The molecule has 0 saturated carbocycles. The first kappa shape index (κ1) is 23.7. The number of benzene rings is 3. The maximum absolute atomic E-state index is 13.6. The molecule has 0 aliphatic heterocycles. The number of rotatable bonds is 4. The van der Waals surface area contributed by atoms with Crippen molar-refractivity contribution in [3.05, 3.63) is 94.8 Å². The maximum atomic E-state index is 13.6. The van der Waals surface area contributed by atoms with Crippen LogP contribution in [0.5, 0.6) is 0 Å². The summed E-state index contributed by atoms with van der Waals surface area (Å²) in [5.74, 6) is -1.67. The number of anilines is 1. The van der Waals surface area contributed by atoms with Crippen molar-refractivity contribution >= 4 is 32.6 Å². The number of carbonyl (C=O) groups is 1. The molecule has 0 spiro atoms. The summed E-state index contributed by atoms with van der Waals surface area (Å²) in [5, 5.41) is 0.000392. The molecule has 4 rings (SSSR count). The lowest BCUT2D eigenvalue weighted by Gasteiger charge is -2.21. The smallest absolute Gasteiger partial charge is 0.279 e. The summed E-state index contributed by atoms with van der Waals surface area (Å²) >= 11 is 0.891. The fraction of sp³-hybridized carbons (Fsp3) is 0.130. The van der Waals surface area contributed by atoms with E-state index in [9.17, 15) is 35.5 Å². The second-order valence-electron chi connectivity index (χ2n) is 7.28. The standard InChI is InChI=1S/C23H13F7N2OS/c24-17-6-7-18-19(11-17)34-21(31-18)32(12-13-4-2-1-3-5-13)20(33)14-8-15(22(25,26)27)10-16(9-14)23(28,29)30/h1-11H,12H2. The van der Waals surface area contributed by atoms with Gasteiger partial charge in [0.25, 0.3) is 5.91 Å². The minimum absolute atomic E-state index is 0.000392. The Morgan fingerprint density at radius 3 is 2.06 bits per heavy atom. The van der Waals surface area contributed by atoms with Gasteiger partial charge in [-0.1, -0.05) is 41.7 Å². The zero-order chi connectivity index (χ0) is 24.7. The first-order valence-corrected chi connectivity index (χ1v) is 10.4. The van der Waals surface area contributed by atoms with Crippen molar-refractivity contribution in [3.63, 3.8) is 0 Å². The molecule has 0 fully saturated rings. The van der Waals surface area contributed by atoms with Crippen molar-refractivity contribution in [1.29, 1.82) is 0 Å². The number of hydrogen-bond acceptors (Lipinski definition) is 3. The number of thiazole rings is 1. The van der Waals surface area contributed by atoms with Crippen LogP contribution < -0.4 is 4.90 Å². The molecule has 0 bridgehead atoms. The topological polar surface area (TPSA) is 33.2 Å². The molecule has 4 aromatic rings. The lowest BCUT2D eigenvalue weighted by Crippen LogP contribution is -2.31. The summed E-state index contributed by atoms with van der Waals surface area (Å²) in [4.78, 5) is 18.6. The van der Waals surface area contributed by atoms with E-state index < -0.39 is 40.8 Å². The lowest BCUT2D eigenvalue weighted by atomic mass is 10.0. The zero-order valence-corrected chi connectivity index (χ0v) is 17.7. The van der Waals surface area contributed by atoms with Gasteiger partial charge >= 0.3 is 12.4 Å². The summed E-state index contributed by atoms with van der Waals surface area (Å²) in [6.07, 6.45) is -10.2. The van der Waals surface area contributed by atoms with E-state index >= 15 is 0 Å². The van der Waals surface area contributed by atoms with Crippen LogP contribution in [0.2, 0.25) is 0 Å². The van der Waals surface area contributed by atoms with Crippen molar-refractivity contribution in [2.24, 2.45) is 0 Å². The number of alkyl halides is 6. The average Bonchev–Trinajstić information content (AvgIpc) is 3.19. The predicted molar refractivity (Wildman–Crippen MR) is 113 cm³/mol. The lowest BCUT2D eigenvalue weighted by molar-refractivity contribution is -0.143. The predicted octanol–water partition coefficient (Wildman–Crippen LogP) is 7.32. The molecule has 0 unspecified atom stereocenters. The van der Waals surface area contributed by atoms with Crippen molar-refractivity contribution in [1.82, 2.24) is 4.98 Å². The highest BCUT2D eigenvalue weighted by molar-refractivity contribution is 7.22. The Labute approximate surface area is 192 Å². The Morgan fingerprint density at radius 1 is 0.853 bits per heavy atom. The second-order valence-corrected chi connectivity index (χ2v) is 8.29. The quantitative estimate of drug-likeness (QED) is 0.276. The van der Waals surface area contributed by atoms with Crippen LogP contribution in [-0.4, -0.2) is 10.9 Å². The number of nitrogens with zero attached hydrogens (tertiary/aromatic N) is 2. The Bertz CT molecular complexity index is 1310. The fourth-order valence-electron chi connectivity index (χ4n) is 3.23. The minimum atomic E-state index is -5.10. The minimum Gasteiger partial charge on any atom is -0.279 e. The third kappa shape index (κ3) is 5.04. The summed E-state index contributed by atoms with van der Waals surface area (Å²) in [6.45, 7) is -0.181. The van der Waals surface area contributed by atoms with Gasteiger partial charge in [-0.3, -0.25) is 9.69 Å². The molecular formula is C23H13F7N2OS. The number of aromatic nitrogens is 1. The van der Waals surface area contributed by atoms with Gasteiger partial charge in [0.05, 0.1) is 27.9 Å². The van der Waals surface area contributed by atoms with E-state index in [0.29, 0.717) is 27.9 Å². The third-order valence-electron chi connectivity index (χ3n) is 4.83. The summed E-state index contributed by atoms with van der Waals surface area (Å²) in [5.41, 5.74) is -3.12. The second kappa shape index (κ2) is 8.71. The van der Waals surface area contributed by atoms with Crippen molar-refractivity contribution < 1.29 is 35.5 Å². The molecule has 176 valence electrons. The number of fused-ring (bicyclic) bond motifs is 1. The van der Waals surface area contributed by atoms with Crippen LogP contribution in [0.15, 0.2) is 66.7 Å². The average molecular weight is 498 g/mol. The Morgan fingerprint density at radius 2 is 1.47 bits per heavy atom. The Balaban J connectivity index is 1.85. The van der Waals surface area contributed by atoms with E-state index in [1.165, 1.54) is 12.1 Å². The first-order valence-electron chi connectivity index (χ1n) is 9.63.